The summed E-state index contributed by atoms with van der Waals surface area (Å²) >= 11 is 0. The van der Waals surface area contributed by atoms with Gasteiger partial charge in [0.25, 0.3) is 5.56 Å². The average molecular weight is 388 g/mol. The molecular formula is C20H15F3N2O3. The highest BCUT2D eigenvalue weighted by molar-refractivity contribution is 5.92. The van der Waals surface area contributed by atoms with Gasteiger partial charge in [0.05, 0.1) is 22.2 Å². The van der Waals surface area contributed by atoms with E-state index < -0.39 is 23.3 Å². The SMILES string of the molecule is CCn1c(=O)c(C=Cc2cccc(C(F)(F)F)c2)nc2cc(C(=O)O)ccc21. The third-order valence-corrected chi connectivity index (χ3v) is 4.18. The lowest BCUT2D eigenvalue weighted by molar-refractivity contribution is -0.137. The van der Waals surface area contributed by atoms with Gasteiger partial charge in [-0.25, -0.2) is 9.78 Å². The number of alkyl halides is 3. The zero-order valence-corrected chi connectivity index (χ0v) is 14.7. The molecule has 2 aromatic carbocycles. The molecule has 0 aliphatic heterocycles. The molecule has 3 aromatic rings. The average Bonchev–Trinajstić information content (AvgIpc) is 2.65. The number of aromatic carboxylic acids is 1. The fourth-order valence-corrected chi connectivity index (χ4v) is 2.82. The van der Waals surface area contributed by atoms with E-state index in [1.807, 2.05) is 0 Å². The van der Waals surface area contributed by atoms with Crippen LogP contribution in [0.3, 0.4) is 0 Å². The molecule has 3 rings (SSSR count). The number of rotatable bonds is 4. The van der Waals surface area contributed by atoms with Crippen molar-refractivity contribution in [3.8, 4) is 0 Å². The van der Waals surface area contributed by atoms with Gasteiger partial charge in [0.1, 0.15) is 5.69 Å². The summed E-state index contributed by atoms with van der Waals surface area (Å²) in [5.74, 6) is -1.13. The molecule has 0 amide bonds. The van der Waals surface area contributed by atoms with E-state index in [2.05, 4.69) is 4.98 Å². The van der Waals surface area contributed by atoms with Crippen molar-refractivity contribution in [2.24, 2.45) is 0 Å². The second-order valence-corrected chi connectivity index (χ2v) is 6.01. The Morgan fingerprint density at radius 3 is 2.57 bits per heavy atom. The van der Waals surface area contributed by atoms with Crippen molar-refractivity contribution in [1.29, 1.82) is 0 Å². The van der Waals surface area contributed by atoms with Crippen LogP contribution in [0.1, 0.15) is 34.1 Å². The molecule has 1 heterocycles. The van der Waals surface area contributed by atoms with Crippen molar-refractivity contribution in [1.82, 2.24) is 9.55 Å². The number of aromatic nitrogens is 2. The summed E-state index contributed by atoms with van der Waals surface area (Å²) in [6, 6.07) is 8.94. The Kier molecular flexibility index (Phi) is 5.04. The molecule has 0 bridgehead atoms. The second-order valence-electron chi connectivity index (χ2n) is 6.01. The summed E-state index contributed by atoms with van der Waals surface area (Å²) in [5, 5.41) is 9.14. The number of carboxylic acids is 1. The number of halogens is 3. The normalized spacial score (nSPS) is 12.0. The molecule has 0 spiro atoms. The Balaban J connectivity index is 2.10. The van der Waals surface area contributed by atoms with Crippen LogP contribution in [0.2, 0.25) is 0 Å². The first-order chi connectivity index (χ1) is 13.2. The van der Waals surface area contributed by atoms with Gasteiger partial charge in [0, 0.05) is 6.54 Å². The lowest BCUT2D eigenvalue weighted by Gasteiger charge is -2.09. The lowest BCUT2D eigenvalue weighted by Crippen LogP contribution is -2.23. The number of carboxylic acid groups (broad SMARTS) is 1. The van der Waals surface area contributed by atoms with Crippen LogP contribution in [0.4, 0.5) is 13.2 Å². The zero-order chi connectivity index (χ0) is 20.5. The largest absolute Gasteiger partial charge is 0.478 e. The highest BCUT2D eigenvalue weighted by Gasteiger charge is 2.30. The summed E-state index contributed by atoms with van der Waals surface area (Å²) in [7, 11) is 0. The van der Waals surface area contributed by atoms with Crippen LogP contribution >= 0.6 is 0 Å². The molecule has 8 heteroatoms. The van der Waals surface area contributed by atoms with E-state index in [-0.39, 0.29) is 16.8 Å². The van der Waals surface area contributed by atoms with Crippen molar-refractivity contribution in [2.45, 2.75) is 19.6 Å². The van der Waals surface area contributed by atoms with Crippen LogP contribution < -0.4 is 5.56 Å². The Hall–Kier alpha value is -3.42. The van der Waals surface area contributed by atoms with Crippen molar-refractivity contribution in [3.05, 3.63) is 75.2 Å². The maximum atomic E-state index is 12.8. The van der Waals surface area contributed by atoms with E-state index in [1.165, 1.54) is 47.1 Å². The molecule has 1 N–H and O–H groups in total. The highest BCUT2D eigenvalue weighted by Crippen LogP contribution is 2.29. The molecule has 0 saturated heterocycles. The minimum absolute atomic E-state index is 0.00861. The molecule has 144 valence electrons. The van der Waals surface area contributed by atoms with Crippen molar-refractivity contribution in [2.75, 3.05) is 0 Å². The maximum absolute atomic E-state index is 12.8. The quantitative estimate of drug-likeness (QED) is 0.723. The molecule has 5 nitrogen and oxygen atoms in total. The molecule has 0 unspecified atom stereocenters. The van der Waals surface area contributed by atoms with Crippen LogP contribution in [-0.4, -0.2) is 20.6 Å². The Labute approximate surface area is 157 Å². The number of aryl methyl sites for hydroxylation is 1. The molecular weight excluding hydrogens is 373 g/mol. The predicted molar refractivity (Wildman–Crippen MR) is 99.0 cm³/mol. The molecule has 1 aromatic heterocycles. The molecule has 0 radical (unpaired) electrons. The summed E-state index contributed by atoms with van der Waals surface area (Å²) in [6.07, 6.45) is -1.77. The zero-order valence-electron chi connectivity index (χ0n) is 14.7. The van der Waals surface area contributed by atoms with Crippen molar-refractivity contribution in [3.63, 3.8) is 0 Å². The predicted octanol–water partition coefficient (Wildman–Crippen LogP) is 4.30. The van der Waals surface area contributed by atoms with E-state index in [4.69, 9.17) is 5.11 Å². The van der Waals surface area contributed by atoms with E-state index in [0.717, 1.165) is 12.1 Å². The van der Waals surface area contributed by atoms with Crippen LogP contribution in [0.5, 0.6) is 0 Å². The van der Waals surface area contributed by atoms with Gasteiger partial charge in [0.15, 0.2) is 0 Å². The third-order valence-electron chi connectivity index (χ3n) is 4.18. The van der Waals surface area contributed by atoms with Crippen molar-refractivity contribution < 1.29 is 23.1 Å². The lowest BCUT2D eigenvalue weighted by atomic mass is 10.1. The topological polar surface area (TPSA) is 72.2 Å². The van der Waals surface area contributed by atoms with Gasteiger partial charge in [-0.05, 0) is 48.9 Å². The monoisotopic (exact) mass is 388 g/mol. The highest BCUT2D eigenvalue weighted by atomic mass is 19.4. The molecule has 0 aliphatic carbocycles. The van der Waals surface area contributed by atoms with Crippen LogP contribution in [0.25, 0.3) is 23.2 Å². The Morgan fingerprint density at radius 1 is 1.18 bits per heavy atom. The van der Waals surface area contributed by atoms with Gasteiger partial charge in [-0.15, -0.1) is 0 Å². The van der Waals surface area contributed by atoms with Crippen LogP contribution in [0, 0.1) is 0 Å². The van der Waals surface area contributed by atoms with Gasteiger partial charge in [0.2, 0.25) is 0 Å². The summed E-state index contributed by atoms with van der Waals surface area (Å²) in [4.78, 5) is 28.0. The standard InChI is InChI=1S/C20H15F3N2O3/c1-2-25-17-9-7-13(19(27)28)11-16(17)24-15(18(25)26)8-6-12-4-3-5-14(10-12)20(21,22)23/h3-11H,2H2,1H3,(H,27,28). The van der Waals surface area contributed by atoms with Crippen LogP contribution in [-0.2, 0) is 12.7 Å². The minimum Gasteiger partial charge on any atom is -0.478 e. The first kappa shape index (κ1) is 19.3. The number of hydrogen-bond acceptors (Lipinski definition) is 3. The maximum Gasteiger partial charge on any atom is 0.416 e. The number of carbonyl (C=O) groups is 1. The molecule has 0 saturated carbocycles. The van der Waals surface area contributed by atoms with Crippen LogP contribution in [0.15, 0.2) is 47.3 Å². The fourth-order valence-electron chi connectivity index (χ4n) is 2.82. The Bertz CT molecular complexity index is 1150. The van der Waals surface area contributed by atoms with Gasteiger partial charge in [-0.2, -0.15) is 13.2 Å². The number of nitrogens with zero attached hydrogens (tertiary/aromatic N) is 2. The number of fused-ring (bicyclic) bond motifs is 1. The van der Waals surface area contributed by atoms with E-state index in [1.54, 1.807) is 6.92 Å². The molecule has 28 heavy (non-hydrogen) atoms. The summed E-state index contributed by atoms with van der Waals surface area (Å²) in [6.45, 7) is 2.08. The summed E-state index contributed by atoms with van der Waals surface area (Å²) < 4.78 is 39.9. The summed E-state index contributed by atoms with van der Waals surface area (Å²) in [5.41, 5.74) is -0.125. The second kappa shape index (κ2) is 7.30. The molecule has 0 atom stereocenters. The van der Waals surface area contributed by atoms with Gasteiger partial charge >= 0.3 is 12.1 Å². The number of hydrogen-bond donors (Lipinski definition) is 1. The van der Waals surface area contributed by atoms with E-state index in [9.17, 15) is 22.8 Å². The minimum atomic E-state index is -4.47. The third kappa shape index (κ3) is 3.80. The van der Waals surface area contributed by atoms with Gasteiger partial charge in [-0.1, -0.05) is 18.2 Å². The molecule has 0 aliphatic rings. The first-order valence-corrected chi connectivity index (χ1v) is 8.34. The van der Waals surface area contributed by atoms with E-state index >= 15 is 0 Å². The first-order valence-electron chi connectivity index (χ1n) is 8.34. The van der Waals surface area contributed by atoms with E-state index in [0.29, 0.717) is 17.6 Å². The fraction of sp³-hybridized carbons (Fsp3) is 0.150. The van der Waals surface area contributed by atoms with Crippen molar-refractivity contribution >= 4 is 29.2 Å². The van der Waals surface area contributed by atoms with Gasteiger partial charge < -0.3 is 9.67 Å². The van der Waals surface area contributed by atoms with Gasteiger partial charge in [-0.3, -0.25) is 4.79 Å². The Morgan fingerprint density at radius 2 is 1.93 bits per heavy atom. The molecule has 0 fully saturated rings. The number of benzene rings is 2. The smallest absolute Gasteiger partial charge is 0.416 e.